The first-order chi connectivity index (χ1) is 19.5. The van der Waals surface area contributed by atoms with Crippen molar-refractivity contribution in [1.29, 1.82) is 0 Å². The van der Waals surface area contributed by atoms with Gasteiger partial charge in [-0.15, -0.1) is 0 Å². The van der Waals surface area contributed by atoms with E-state index >= 15 is 0 Å². The standard InChI is InChI=1S/C31H48N4O5S/c1-4-5-6-7-8-9-10-11-28-32-30(38)31(33-28)14-17-35(18-15-31)41(39,40)19-13-27-23(2)20-25(21-24(27)3)29(37)34-16-12-26(36)22-34/h20-21,26,36H,4-19,22H2,1-3H3,(H,32,33,38). The highest BCUT2D eigenvalue weighted by molar-refractivity contribution is 7.89. The normalized spacial score (nSPS) is 21.0. The Morgan fingerprint density at radius 2 is 1.66 bits per heavy atom. The number of carbonyl (C=O) groups is 2. The van der Waals surface area contributed by atoms with Gasteiger partial charge in [-0.3, -0.25) is 14.6 Å². The lowest BCUT2D eigenvalue weighted by molar-refractivity contribution is -0.124. The van der Waals surface area contributed by atoms with Crippen molar-refractivity contribution in [3.05, 3.63) is 34.4 Å². The van der Waals surface area contributed by atoms with E-state index < -0.39 is 21.7 Å². The van der Waals surface area contributed by atoms with Crippen LogP contribution in [0.4, 0.5) is 0 Å². The summed E-state index contributed by atoms with van der Waals surface area (Å²) in [6.45, 7) is 7.51. The number of unbranched alkanes of at least 4 members (excludes halogenated alkanes) is 6. The summed E-state index contributed by atoms with van der Waals surface area (Å²) in [6.07, 6.45) is 10.5. The number of likely N-dealkylation sites (tertiary alicyclic amines) is 1. The predicted octanol–water partition coefficient (Wildman–Crippen LogP) is 3.89. The number of benzene rings is 1. The number of amidine groups is 1. The Hall–Kier alpha value is -2.30. The van der Waals surface area contributed by atoms with Gasteiger partial charge in [0.05, 0.1) is 11.9 Å². The van der Waals surface area contributed by atoms with E-state index in [0.717, 1.165) is 41.8 Å². The fraction of sp³-hybridized carbons (Fsp3) is 0.710. The summed E-state index contributed by atoms with van der Waals surface area (Å²) >= 11 is 0. The average molecular weight is 589 g/mol. The molecule has 2 N–H and O–H groups in total. The summed E-state index contributed by atoms with van der Waals surface area (Å²) in [5, 5.41) is 12.7. The first kappa shape index (κ1) is 31.6. The number of aliphatic hydroxyl groups excluding tert-OH is 1. The lowest BCUT2D eigenvalue weighted by Crippen LogP contribution is -2.50. The summed E-state index contributed by atoms with van der Waals surface area (Å²) in [5.41, 5.74) is 2.47. The monoisotopic (exact) mass is 588 g/mol. The molecule has 2 saturated heterocycles. The van der Waals surface area contributed by atoms with Crippen molar-refractivity contribution in [2.75, 3.05) is 31.9 Å². The van der Waals surface area contributed by atoms with Gasteiger partial charge in [0, 0.05) is 38.2 Å². The molecule has 1 aromatic rings. The fourth-order valence-corrected chi connectivity index (χ4v) is 7.86. The topological polar surface area (TPSA) is 119 Å². The number of carbonyl (C=O) groups excluding carboxylic acids is 2. The summed E-state index contributed by atoms with van der Waals surface area (Å²) in [7, 11) is -3.52. The van der Waals surface area contributed by atoms with Gasteiger partial charge in [0.15, 0.2) is 0 Å². The summed E-state index contributed by atoms with van der Waals surface area (Å²) in [4.78, 5) is 32.2. The molecule has 1 atom stereocenters. The highest BCUT2D eigenvalue weighted by Crippen LogP contribution is 2.32. The van der Waals surface area contributed by atoms with Gasteiger partial charge >= 0.3 is 0 Å². The van der Waals surface area contributed by atoms with Crippen molar-refractivity contribution >= 4 is 27.7 Å². The number of rotatable bonds is 13. The zero-order valence-corrected chi connectivity index (χ0v) is 25.9. The van der Waals surface area contributed by atoms with Crippen molar-refractivity contribution < 1.29 is 23.1 Å². The lowest BCUT2D eigenvalue weighted by Gasteiger charge is -2.34. The number of sulfonamides is 1. The molecule has 0 aliphatic carbocycles. The van der Waals surface area contributed by atoms with E-state index in [1.54, 1.807) is 4.90 Å². The SMILES string of the molecule is CCCCCCCCCC1=NC2(CCN(S(=O)(=O)CCc3c(C)cc(C(=O)N4CCC(O)C4)cc3C)CC2)C(=O)N1. The molecule has 41 heavy (non-hydrogen) atoms. The van der Waals surface area contributed by atoms with Gasteiger partial charge in [0.25, 0.3) is 11.8 Å². The number of aliphatic hydroxyl groups is 1. The third-order valence-electron chi connectivity index (χ3n) is 8.99. The van der Waals surface area contributed by atoms with Crippen LogP contribution in [0.5, 0.6) is 0 Å². The van der Waals surface area contributed by atoms with Crippen molar-refractivity contribution in [1.82, 2.24) is 14.5 Å². The summed E-state index contributed by atoms with van der Waals surface area (Å²) in [6, 6.07) is 3.65. The summed E-state index contributed by atoms with van der Waals surface area (Å²) < 4.78 is 28.1. The number of nitrogens with one attached hydrogen (secondary N) is 1. The summed E-state index contributed by atoms with van der Waals surface area (Å²) in [5.74, 6) is 0.551. The Morgan fingerprint density at radius 3 is 2.27 bits per heavy atom. The number of nitrogens with zero attached hydrogens (tertiary/aromatic N) is 3. The quantitative estimate of drug-likeness (QED) is 0.339. The van der Waals surface area contributed by atoms with Gasteiger partial charge < -0.3 is 15.3 Å². The van der Waals surface area contributed by atoms with Gasteiger partial charge in [0.2, 0.25) is 10.0 Å². The molecule has 2 amide bonds. The smallest absolute Gasteiger partial charge is 0.253 e. The largest absolute Gasteiger partial charge is 0.391 e. The van der Waals surface area contributed by atoms with Crippen LogP contribution in [-0.2, 0) is 21.2 Å². The van der Waals surface area contributed by atoms with Crippen LogP contribution in [0.3, 0.4) is 0 Å². The van der Waals surface area contributed by atoms with Crippen LogP contribution in [0.1, 0.15) is 105 Å². The molecule has 4 rings (SSSR count). The van der Waals surface area contributed by atoms with Gasteiger partial charge in [-0.05, 0) is 74.8 Å². The van der Waals surface area contributed by atoms with Crippen LogP contribution in [0.25, 0.3) is 0 Å². The highest BCUT2D eigenvalue weighted by Gasteiger charge is 2.47. The lowest BCUT2D eigenvalue weighted by atomic mass is 9.89. The molecule has 1 spiro atoms. The molecule has 0 aromatic heterocycles. The van der Waals surface area contributed by atoms with E-state index in [1.807, 2.05) is 26.0 Å². The Labute approximate surface area is 245 Å². The third-order valence-corrected chi connectivity index (χ3v) is 10.9. The minimum absolute atomic E-state index is 0.0216. The maximum absolute atomic E-state index is 13.3. The number of aryl methyl sites for hydroxylation is 2. The van der Waals surface area contributed by atoms with E-state index in [4.69, 9.17) is 4.99 Å². The average Bonchev–Trinajstić information content (AvgIpc) is 3.50. The molecule has 1 aromatic carbocycles. The molecule has 0 saturated carbocycles. The minimum Gasteiger partial charge on any atom is -0.391 e. The predicted molar refractivity (Wildman–Crippen MR) is 162 cm³/mol. The molecular formula is C31H48N4O5S. The zero-order chi connectivity index (χ0) is 29.6. The second kappa shape index (κ2) is 13.8. The van der Waals surface area contributed by atoms with Crippen LogP contribution in [-0.4, -0.2) is 84.0 Å². The van der Waals surface area contributed by atoms with E-state index in [0.29, 0.717) is 44.3 Å². The first-order valence-corrected chi connectivity index (χ1v) is 17.1. The second-order valence-electron chi connectivity index (χ2n) is 12.2. The molecule has 228 valence electrons. The Balaban J connectivity index is 1.28. The fourth-order valence-electron chi connectivity index (χ4n) is 6.41. The molecule has 2 fully saturated rings. The maximum atomic E-state index is 13.3. The van der Waals surface area contributed by atoms with Gasteiger partial charge in [-0.1, -0.05) is 45.4 Å². The van der Waals surface area contributed by atoms with Gasteiger partial charge in [0.1, 0.15) is 11.4 Å². The molecule has 0 radical (unpaired) electrons. The van der Waals surface area contributed by atoms with Crippen LogP contribution in [0.15, 0.2) is 17.1 Å². The van der Waals surface area contributed by atoms with Crippen LogP contribution in [0, 0.1) is 13.8 Å². The molecule has 3 aliphatic heterocycles. The van der Waals surface area contributed by atoms with Crippen LogP contribution >= 0.6 is 0 Å². The van der Waals surface area contributed by atoms with Crippen LogP contribution < -0.4 is 5.32 Å². The van der Waals surface area contributed by atoms with Crippen LogP contribution in [0.2, 0.25) is 0 Å². The molecule has 10 heteroatoms. The van der Waals surface area contributed by atoms with Crippen molar-refractivity contribution in [2.24, 2.45) is 4.99 Å². The van der Waals surface area contributed by atoms with E-state index in [2.05, 4.69) is 12.2 Å². The molecule has 3 heterocycles. The number of piperidine rings is 1. The molecular weight excluding hydrogens is 540 g/mol. The molecule has 9 nitrogen and oxygen atoms in total. The number of amides is 2. The van der Waals surface area contributed by atoms with E-state index in [9.17, 15) is 23.1 Å². The second-order valence-corrected chi connectivity index (χ2v) is 14.3. The first-order valence-electron chi connectivity index (χ1n) is 15.5. The van der Waals surface area contributed by atoms with E-state index in [1.165, 1.54) is 36.4 Å². The Morgan fingerprint density at radius 1 is 1.02 bits per heavy atom. The molecule has 3 aliphatic rings. The zero-order valence-electron chi connectivity index (χ0n) is 25.1. The third kappa shape index (κ3) is 7.76. The minimum atomic E-state index is -3.52. The van der Waals surface area contributed by atoms with E-state index in [-0.39, 0.29) is 30.7 Å². The molecule has 1 unspecified atom stereocenters. The number of hydrogen-bond donors (Lipinski definition) is 2. The number of aliphatic imine (C=N–C) groups is 1. The highest BCUT2D eigenvalue weighted by atomic mass is 32.2. The number of β-amino-alcohol motifs (C(OH)–C–C–N with tert-alkyl or cyclic N) is 1. The van der Waals surface area contributed by atoms with Crippen molar-refractivity contribution in [3.8, 4) is 0 Å². The van der Waals surface area contributed by atoms with Gasteiger partial charge in [-0.25, -0.2) is 12.7 Å². The van der Waals surface area contributed by atoms with Crippen molar-refractivity contribution in [2.45, 2.75) is 109 Å². The molecule has 0 bridgehead atoms. The number of hydrogen-bond acceptors (Lipinski definition) is 6. The Kier molecular flexibility index (Phi) is 10.6. The van der Waals surface area contributed by atoms with Crippen molar-refractivity contribution in [3.63, 3.8) is 0 Å². The maximum Gasteiger partial charge on any atom is 0.253 e. The van der Waals surface area contributed by atoms with Gasteiger partial charge in [-0.2, -0.15) is 0 Å². The Bertz CT molecular complexity index is 1210.